The quantitative estimate of drug-likeness (QED) is 0.508. The van der Waals surface area contributed by atoms with Gasteiger partial charge in [0, 0.05) is 32.4 Å². The number of aromatic amines is 1. The second-order valence-electron chi connectivity index (χ2n) is 7.61. The van der Waals surface area contributed by atoms with Crippen molar-refractivity contribution in [3.8, 4) is 6.07 Å². The predicted octanol–water partition coefficient (Wildman–Crippen LogP) is 2.01. The van der Waals surface area contributed by atoms with Crippen molar-refractivity contribution < 1.29 is 19.4 Å². The summed E-state index contributed by atoms with van der Waals surface area (Å²) < 4.78 is 5.67. The van der Waals surface area contributed by atoms with E-state index >= 15 is 0 Å². The molecule has 3 N–H and O–H groups in total. The number of nitrogens with zero attached hydrogens (tertiary/aromatic N) is 4. The van der Waals surface area contributed by atoms with Crippen molar-refractivity contribution in [1.29, 1.82) is 5.26 Å². The third kappa shape index (κ3) is 5.04. The van der Waals surface area contributed by atoms with Gasteiger partial charge in [0.05, 0.1) is 30.3 Å². The first-order chi connectivity index (χ1) is 15.3. The van der Waals surface area contributed by atoms with E-state index in [1.165, 1.54) is 11.8 Å². The summed E-state index contributed by atoms with van der Waals surface area (Å²) in [5, 5.41) is 21.8. The Morgan fingerprint density at radius 2 is 2.25 bits per heavy atom. The summed E-state index contributed by atoms with van der Waals surface area (Å²) in [5.74, 6) is -1.14. The number of imidazole rings is 1. The molecule has 0 saturated carbocycles. The zero-order valence-corrected chi connectivity index (χ0v) is 19.8. The van der Waals surface area contributed by atoms with Crippen LogP contribution in [0.2, 0.25) is 5.15 Å². The third-order valence-corrected chi connectivity index (χ3v) is 7.51. The molecule has 0 radical (unpaired) electrons. The average Bonchev–Trinajstić information content (AvgIpc) is 3.32. The van der Waals surface area contributed by atoms with Gasteiger partial charge in [-0.05, 0) is 19.8 Å². The fourth-order valence-corrected chi connectivity index (χ4v) is 5.58. The lowest BCUT2D eigenvalue weighted by Gasteiger charge is -2.43. The Morgan fingerprint density at radius 1 is 1.50 bits per heavy atom. The summed E-state index contributed by atoms with van der Waals surface area (Å²) in [7, 11) is 1.59. The van der Waals surface area contributed by atoms with Crippen LogP contribution in [-0.2, 0) is 16.0 Å². The van der Waals surface area contributed by atoms with Crippen LogP contribution in [-0.4, -0.2) is 81.1 Å². The van der Waals surface area contributed by atoms with E-state index in [9.17, 15) is 14.7 Å². The maximum absolute atomic E-state index is 12.7. The molecular formula is C20H27ClN6O4S. The molecule has 32 heavy (non-hydrogen) atoms. The van der Waals surface area contributed by atoms with Gasteiger partial charge in [0.15, 0.2) is 11.0 Å². The van der Waals surface area contributed by atoms with Crippen molar-refractivity contribution in [3.05, 3.63) is 27.3 Å². The Balaban J connectivity index is 1.68. The molecule has 174 valence electrons. The number of hydrogen-bond donors (Lipinski definition) is 3. The van der Waals surface area contributed by atoms with E-state index in [4.69, 9.17) is 21.6 Å². The van der Waals surface area contributed by atoms with Gasteiger partial charge in [0.2, 0.25) is 0 Å². The molecule has 1 fully saturated rings. The van der Waals surface area contributed by atoms with Crippen LogP contribution in [0.3, 0.4) is 0 Å². The van der Waals surface area contributed by atoms with E-state index in [0.29, 0.717) is 60.3 Å². The molecule has 12 heteroatoms. The highest BCUT2D eigenvalue weighted by atomic mass is 35.5. The number of aryl methyl sites for hydroxylation is 1. The maximum Gasteiger partial charge on any atom is 0.344 e. The van der Waals surface area contributed by atoms with Gasteiger partial charge in [-0.25, -0.2) is 9.78 Å². The second kappa shape index (κ2) is 10.6. The largest absolute Gasteiger partial charge is 0.477 e. The lowest BCUT2D eigenvalue weighted by atomic mass is 10.0. The first-order valence-corrected chi connectivity index (χ1v) is 11.6. The number of carbonyl (C=O) groups excluding carboxylic acids is 1. The van der Waals surface area contributed by atoms with Crippen LogP contribution in [0, 0.1) is 11.3 Å². The molecule has 10 nitrogen and oxygen atoms in total. The van der Waals surface area contributed by atoms with Gasteiger partial charge in [-0.15, -0.1) is 0 Å². The minimum absolute atomic E-state index is 0.170. The van der Waals surface area contributed by atoms with Crippen LogP contribution < -0.4 is 5.32 Å². The van der Waals surface area contributed by atoms with E-state index in [2.05, 4.69) is 26.3 Å². The molecule has 3 heterocycles. The van der Waals surface area contributed by atoms with Gasteiger partial charge in [0.25, 0.3) is 5.91 Å². The van der Waals surface area contributed by atoms with Crippen LogP contribution >= 0.6 is 23.4 Å². The van der Waals surface area contributed by atoms with Crippen LogP contribution in [0.25, 0.3) is 0 Å². The number of nitrogens with one attached hydrogen (secondary N) is 2. The Bertz CT molecular complexity index is 945. The molecule has 0 aromatic carbocycles. The van der Waals surface area contributed by atoms with Gasteiger partial charge in [-0.2, -0.15) is 5.26 Å². The fourth-order valence-electron chi connectivity index (χ4n) is 3.99. The summed E-state index contributed by atoms with van der Waals surface area (Å²) >= 11 is 7.32. The summed E-state index contributed by atoms with van der Waals surface area (Å²) in [4.78, 5) is 35.8. The Labute approximate surface area is 195 Å². The molecular weight excluding hydrogens is 456 g/mol. The number of methoxy groups -OCH3 is 1. The monoisotopic (exact) mass is 482 g/mol. The lowest BCUT2D eigenvalue weighted by Crippen LogP contribution is -2.58. The van der Waals surface area contributed by atoms with Crippen molar-refractivity contribution in [2.45, 2.75) is 50.8 Å². The van der Waals surface area contributed by atoms with Crippen LogP contribution in [0.5, 0.6) is 0 Å². The number of carbonyl (C=O) groups is 2. The van der Waals surface area contributed by atoms with Crippen molar-refractivity contribution in [2.24, 2.45) is 0 Å². The van der Waals surface area contributed by atoms with E-state index in [-0.39, 0.29) is 29.4 Å². The minimum atomic E-state index is -0.967. The highest BCUT2D eigenvalue weighted by Gasteiger charge is 2.41. The number of H-pyrrole nitrogens is 1. The number of piperidine rings is 1. The van der Waals surface area contributed by atoms with E-state index in [0.717, 1.165) is 0 Å². The normalized spacial score (nSPS) is 24.0. The maximum atomic E-state index is 12.7. The number of carboxylic acids is 1. The second-order valence-corrected chi connectivity index (χ2v) is 9.03. The van der Waals surface area contributed by atoms with Crippen LogP contribution in [0.15, 0.2) is 10.6 Å². The number of amides is 1. The molecule has 2 aliphatic heterocycles. The molecule has 0 aliphatic carbocycles. The van der Waals surface area contributed by atoms with E-state index < -0.39 is 5.97 Å². The van der Waals surface area contributed by atoms with Gasteiger partial charge in [0.1, 0.15) is 10.4 Å². The number of hydrogen-bond acceptors (Lipinski definition) is 8. The topological polar surface area (TPSA) is 135 Å². The van der Waals surface area contributed by atoms with Crippen molar-refractivity contribution >= 4 is 35.2 Å². The van der Waals surface area contributed by atoms with Gasteiger partial charge in [-0.1, -0.05) is 30.3 Å². The molecule has 3 unspecified atom stereocenters. The molecule has 3 atom stereocenters. The Morgan fingerprint density at radius 3 is 2.84 bits per heavy atom. The number of halogens is 1. The lowest BCUT2D eigenvalue weighted by molar-refractivity contribution is -0.131. The zero-order valence-electron chi connectivity index (χ0n) is 18.2. The number of thioether (sulfide) groups is 1. The first-order valence-electron chi connectivity index (χ1n) is 10.4. The molecule has 1 aromatic heterocycles. The Kier molecular flexibility index (Phi) is 8.05. The van der Waals surface area contributed by atoms with E-state index in [1.54, 1.807) is 14.0 Å². The number of rotatable bonds is 8. The zero-order chi connectivity index (χ0) is 23.4. The molecule has 0 spiro atoms. The molecule has 1 amide bonds. The van der Waals surface area contributed by atoms with Crippen LogP contribution in [0.1, 0.15) is 43.0 Å². The number of likely N-dealkylation sites (tertiary alicyclic amines) is 1. The van der Waals surface area contributed by atoms with Crippen molar-refractivity contribution in [1.82, 2.24) is 25.1 Å². The predicted molar refractivity (Wildman–Crippen MR) is 120 cm³/mol. The summed E-state index contributed by atoms with van der Waals surface area (Å²) in [6, 6.07) is 1.89. The third-order valence-electron chi connectivity index (χ3n) is 5.73. The first kappa shape index (κ1) is 24.4. The molecule has 1 aromatic rings. The summed E-state index contributed by atoms with van der Waals surface area (Å²) in [6.45, 7) is 5.27. The smallest absolute Gasteiger partial charge is 0.344 e. The van der Waals surface area contributed by atoms with Crippen molar-refractivity contribution in [2.75, 3.05) is 26.7 Å². The molecule has 3 rings (SSSR count). The van der Waals surface area contributed by atoms with Crippen molar-refractivity contribution in [3.63, 3.8) is 0 Å². The highest BCUT2D eigenvalue weighted by molar-refractivity contribution is 8.04. The van der Waals surface area contributed by atoms with E-state index in [1.807, 2.05) is 11.8 Å². The van der Waals surface area contributed by atoms with Gasteiger partial charge in [-0.3, -0.25) is 9.69 Å². The standard InChI is InChI=1S/C20H27ClN6O4S/c1-4-12-16(21)25-17(23-12)18(28)24-13-6-9-26(10-14(13)31-3)20-27(8-5-7-22)11(2)15(32-20)19(29)30/h13-14,20H,4-6,8-10H2,1-3H3,(H,23,25)(H,24,28)(H,29,30). The summed E-state index contributed by atoms with van der Waals surface area (Å²) in [5.41, 5.74) is 1.14. The Hall–Kier alpha value is -2.26. The van der Waals surface area contributed by atoms with Crippen LogP contribution in [0.4, 0.5) is 0 Å². The molecule has 2 aliphatic rings. The number of allylic oxidation sites excluding steroid dienone is 1. The molecule has 0 bridgehead atoms. The highest BCUT2D eigenvalue weighted by Crippen LogP contribution is 2.40. The molecule has 1 saturated heterocycles. The fraction of sp³-hybridized carbons (Fsp3) is 0.600. The average molecular weight is 483 g/mol. The van der Waals surface area contributed by atoms with Gasteiger partial charge < -0.3 is 25.0 Å². The SMILES string of the molecule is CCc1[nH]c(C(=O)NC2CCN(C3SC(C(=O)O)=C(C)N3CCC#N)CC2OC)nc1Cl. The number of aliphatic carboxylic acids is 1. The summed E-state index contributed by atoms with van der Waals surface area (Å²) in [6.07, 6.45) is 1.26. The minimum Gasteiger partial charge on any atom is -0.477 e. The number of carboxylic acid groups (broad SMARTS) is 1. The number of nitriles is 1. The van der Waals surface area contributed by atoms with Gasteiger partial charge >= 0.3 is 5.97 Å². The number of ether oxygens (including phenoxy) is 1. The number of aromatic nitrogens is 2.